The van der Waals surface area contributed by atoms with E-state index in [4.69, 9.17) is 5.11 Å². The molecule has 0 saturated carbocycles. The van der Waals surface area contributed by atoms with Crippen LogP contribution in [-0.4, -0.2) is 48.1 Å². The highest BCUT2D eigenvalue weighted by molar-refractivity contribution is 5.83. The number of carbonyl (C=O) groups is 2. The first kappa shape index (κ1) is 12.0. The maximum atomic E-state index is 11.4. The van der Waals surface area contributed by atoms with Gasteiger partial charge in [-0.3, -0.25) is 9.59 Å². The molecule has 1 heterocycles. The summed E-state index contributed by atoms with van der Waals surface area (Å²) in [5, 5.41) is 11.6. The van der Waals surface area contributed by atoms with Gasteiger partial charge in [0.25, 0.3) is 0 Å². The summed E-state index contributed by atoms with van der Waals surface area (Å²) in [6.07, 6.45) is 2.54. The molecule has 1 aliphatic heterocycles. The Balaban J connectivity index is 2.06. The zero-order valence-electron chi connectivity index (χ0n) is 9.03. The lowest BCUT2D eigenvalue weighted by atomic mass is 10.2. The van der Waals surface area contributed by atoms with E-state index in [1.165, 1.54) is 0 Å². The summed E-state index contributed by atoms with van der Waals surface area (Å²) in [6, 6.07) is -0.0557. The fourth-order valence-corrected chi connectivity index (χ4v) is 1.69. The molecule has 0 bridgehead atoms. The predicted octanol–water partition coefficient (Wildman–Crippen LogP) is 0.0616. The quantitative estimate of drug-likeness (QED) is 0.613. The molecule has 86 valence electrons. The van der Waals surface area contributed by atoms with E-state index < -0.39 is 5.97 Å². The molecule has 5 nitrogen and oxygen atoms in total. The highest BCUT2D eigenvalue weighted by atomic mass is 16.4. The van der Waals surface area contributed by atoms with Crippen LogP contribution < -0.4 is 5.32 Å². The van der Waals surface area contributed by atoms with Crippen molar-refractivity contribution in [3.05, 3.63) is 0 Å². The zero-order valence-corrected chi connectivity index (χ0v) is 9.03. The Hall–Kier alpha value is -1.10. The summed E-state index contributed by atoms with van der Waals surface area (Å²) in [6.45, 7) is 1.53. The van der Waals surface area contributed by atoms with Crippen molar-refractivity contribution in [2.75, 3.05) is 20.1 Å². The largest absolute Gasteiger partial charge is 0.481 e. The van der Waals surface area contributed by atoms with Crippen molar-refractivity contribution in [1.82, 2.24) is 10.2 Å². The molecule has 5 heteroatoms. The average Bonchev–Trinajstić information content (AvgIpc) is 2.48. The fourth-order valence-electron chi connectivity index (χ4n) is 1.69. The number of nitrogens with zero attached hydrogens (tertiary/aromatic N) is 1. The molecule has 1 fully saturated rings. The Morgan fingerprint density at radius 2 is 2.33 bits per heavy atom. The monoisotopic (exact) mass is 214 g/mol. The van der Waals surface area contributed by atoms with E-state index in [1.807, 2.05) is 0 Å². The first-order chi connectivity index (χ1) is 7.11. The van der Waals surface area contributed by atoms with Crippen LogP contribution in [0.5, 0.6) is 0 Å². The number of rotatable bonds is 6. The van der Waals surface area contributed by atoms with Gasteiger partial charge in [0.2, 0.25) is 5.91 Å². The Morgan fingerprint density at radius 3 is 2.87 bits per heavy atom. The van der Waals surface area contributed by atoms with Crippen molar-refractivity contribution < 1.29 is 14.7 Å². The zero-order chi connectivity index (χ0) is 11.3. The molecule has 2 N–H and O–H groups in total. The summed E-state index contributed by atoms with van der Waals surface area (Å²) >= 11 is 0. The number of aliphatic carboxylic acids is 1. The molecule has 0 spiro atoms. The minimum atomic E-state index is -0.758. The van der Waals surface area contributed by atoms with E-state index in [0.29, 0.717) is 6.42 Å². The summed E-state index contributed by atoms with van der Waals surface area (Å²) in [5.74, 6) is -0.611. The second-order valence-electron chi connectivity index (χ2n) is 3.91. The second-order valence-corrected chi connectivity index (χ2v) is 3.91. The number of carbonyl (C=O) groups excluding carboxylic acids is 1. The van der Waals surface area contributed by atoms with Crippen LogP contribution in [0.2, 0.25) is 0 Å². The van der Waals surface area contributed by atoms with Gasteiger partial charge < -0.3 is 15.3 Å². The van der Waals surface area contributed by atoms with Gasteiger partial charge in [0, 0.05) is 20.0 Å². The number of nitrogens with one attached hydrogen (secondary N) is 1. The topological polar surface area (TPSA) is 69.6 Å². The first-order valence-corrected chi connectivity index (χ1v) is 5.31. The molecule has 1 unspecified atom stereocenters. The maximum absolute atomic E-state index is 11.4. The summed E-state index contributed by atoms with van der Waals surface area (Å²) in [7, 11) is 1.80. The van der Waals surface area contributed by atoms with Crippen LogP contribution in [0, 0.1) is 0 Å². The van der Waals surface area contributed by atoms with E-state index in [2.05, 4.69) is 5.32 Å². The number of hydrogen-bond acceptors (Lipinski definition) is 3. The minimum absolute atomic E-state index is 0.0557. The Labute approximate surface area is 89.4 Å². The first-order valence-electron chi connectivity index (χ1n) is 5.31. The van der Waals surface area contributed by atoms with Crippen LogP contribution in [0.1, 0.15) is 25.7 Å². The van der Waals surface area contributed by atoms with Gasteiger partial charge in [0.05, 0.1) is 6.04 Å². The molecule has 0 aromatic carbocycles. The van der Waals surface area contributed by atoms with E-state index in [0.717, 1.165) is 25.9 Å². The van der Waals surface area contributed by atoms with Crippen LogP contribution in [0.4, 0.5) is 0 Å². The van der Waals surface area contributed by atoms with Crippen LogP contribution in [-0.2, 0) is 9.59 Å². The highest BCUT2D eigenvalue weighted by Gasteiger charge is 2.27. The van der Waals surface area contributed by atoms with Crippen molar-refractivity contribution in [3.8, 4) is 0 Å². The van der Waals surface area contributed by atoms with E-state index >= 15 is 0 Å². The Morgan fingerprint density at radius 1 is 1.60 bits per heavy atom. The molecule has 0 aliphatic carbocycles. The lowest BCUT2D eigenvalue weighted by Gasteiger charge is -2.11. The summed E-state index contributed by atoms with van der Waals surface area (Å²) in [4.78, 5) is 23.4. The van der Waals surface area contributed by atoms with Crippen LogP contribution in [0.15, 0.2) is 0 Å². The van der Waals surface area contributed by atoms with E-state index in [1.54, 1.807) is 11.9 Å². The highest BCUT2D eigenvalue weighted by Crippen LogP contribution is 2.08. The average molecular weight is 214 g/mol. The third-order valence-corrected chi connectivity index (χ3v) is 2.64. The minimum Gasteiger partial charge on any atom is -0.481 e. The molecule has 1 amide bonds. The summed E-state index contributed by atoms with van der Waals surface area (Å²) in [5.41, 5.74) is 0. The normalized spacial score (nSPS) is 21.0. The number of likely N-dealkylation sites (tertiary alicyclic amines) is 1. The number of carboxylic acid groups (broad SMARTS) is 1. The van der Waals surface area contributed by atoms with Gasteiger partial charge in [-0.1, -0.05) is 0 Å². The van der Waals surface area contributed by atoms with Crippen molar-refractivity contribution in [2.45, 2.75) is 31.7 Å². The van der Waals surface area contributed by atoms with Crippen LogP contribution >= 0.6 is 0 Å². The van der Waals surface area contributed by atoms with E-state index in [-0.39, 0.29) is 18.4 Å². The maximum Gasteiger partial charge on any atom is 0.303 e. The van der Waals surface area contributed by atoms with E-state index in [9.17, 15) is 9.59 Å². The molecule has 1 rings (SSSR count). The second kappa shape index (κ2) is 5.70. The fraction of sp³-hybridized carbons (Fsp3) is 0.800. The Bertz CT molecular complexity index is 243. The van der Waals surface area contributed by atoms with Crippen LogP contribution in [0.25, 0.3) is 0 Å². The number of amides is 1. The number of hydrogen-bond donors (Lipinski definition) is 2. The molecule has 0 radical (unpaired) electrons. The molecule has 1 aliphatic rings. The standard InChI is InChI=1S/C10H18N2O3/c1-12-7-5-8(10(12)15)11-6-3-2-4-9(13)14/h8,11H,2-7H2,1H3,(H,13,14). The van der Waals surface area contributed by atoms with Crippen molar-refractivity contribution in [1.29, 1.82) is 0 Å². The Kier molecular flexibility index (Phi) is 4.55. The van der Waals surface area contributed by atoms with Gasteiger partial charge in [0.15, 0.2) is 0 Å². The van der Waals surface area contributed by atoms with Crippen molar-refractivity contribution in [2.24, 2.45) is 0 Å². The number of carboxylic acids is 1. The van der Waals surface area contributed by atoms with Gasteiger partial charge >= 0.3 is 5.97 Å². The third-order valence-electron chi connectivity index (χ3n) is 2.64. The number of unbranched alkanes of at least 4 members (excludes halogenated alkanes) is 1. The summed E-state index contributed by atoms with van der Waals surface area (Å²) < 4.78 is 0. The SMILES string of the molecule is CN1CCC(NCCCCC(=O)O)C1=O. The van der Waals surface area contributed by atoms with Gasteiger partial charge in [-0.25, -0.2) is 0 Å². The molecular weight excluding hydrogens is 196 g/mol. The molecule has 0 aromatic heterocycles. The molecule has 0 aromatic rings. The van der Waals surface area contributed by atoms with Gasteiger partial charge in [0.1, 0.15) is 0 Å². The van der Waals surface area contributed by atoms with Gasteiger partial charge in [-0.05, 0) is 25.8 Å². The lowest BCUT2D eigenvalue weighted by molar-refractivity contribution is -0.137. The lowest BCUT2D eigenvalue weighted by Crippen LogP contribution is -2.37. The van der Waals surface area contributed by atoms with Gasteiger partial charge in [-0.15, -0.1) is 0 Å². The smallest absolute Gasteiger partial charge is 0.303 e. The molecular formula is C10H18N2O3. The molecule has 1 atom stereocenters. The number of likely N-dealkylation sites (N-methyl/N-ethyl adjacent to an activating group) is 1. The third kappa shape index (κ3) is 3.87. The van der Waals surface area contributed by atoms with Gasteiger partial charge in [-0.2, -0.15) is 0 Å². The predicted molar refractivity (Wildman–Crippen MR) is 55.5 cm³/mol. The molecule has 1 saturated heterocycles. The molecule has 15 heavy (non-hydrogen) atoms. The van der Waals surface area contributed by atoms with Crippen LogP contribution in [0.3, 0.4) is 0 Å². The van der Waals surface area contributed by atoms with Crippen molar-refractivity contribution >= 4 is 11.9 Å². The van der Waals surface area contributed by atoms with Crippen molar-refractivity contribution in [3.63, 3.8) is 0 Å².